The second-order valence-electron chi connectivity index (χ2n) is 8.55. The van der Waals surface area contributed by atoms with Gasteiger partial charge in [-0.15, -0.1) is 0 Å². The summed E-state index contributed by atoms with van der Waals surface area (Å²) in [7, 11) is 1.80. The van der Waals surface area contributed by atoms with Crippen LogP contribution < -0.4 is 5.32 Å². The molecular formula is C22H51N3O4. The Labute approximate surface area is 197 Å². The molecule has 2 rings (SSSR count). The summed E-state index contributed by atoms with van der Waals surface area (Å²) in [6.07, 6.45) is 0.557. The summed E-state index contributed by atoms with van der Waals surface area (Å²) < 4.78 is 75.0. The van der Waals surface area contributed by atoms with E-state index in [2.05, 4.69) is 26.1 Å². The van der Waals surface area contributed by atoms with Gasteiger partial charge in [-0.3, -0.25) is 14.5 Å². The molecule has 1 aliphatic rings. The zero-order valence-electron chi connectivity index (χ0n) is 32.3. The van der Waals surface area contributed by atoms with Crippen LogP contribution in [0.3, 0.4) is 0 Å². The van der Waals surface area contributed by atoms with E-state index < -0.39 is 0 Å². The Morgan fingerprint density at radius 2 is 1.93 bits per heavy atom. The van der Waals surface area contributed by atoms with E-state index in [1.807, 2.05) is 21.9 Å². The van der Waals surface area contributed by atoms with Gasteiger partial charge in [-0.2, -0.15) is 0 Å². The van der Waals surface area contributed by atoms with Crippen LogP contribution in [-0.2, 0) is 26.2 Å². The third-order valence-electron chi connectivity index (χ3n) is 5.30. The molecule has 1 saturated heterocycles. The Balaban J connectivity index is -0.000000160. The molecule has 0 aliphatic carbocycles. The van der Waals surface area contributed by atoms with Gasteiger partial charge in [0.1, 0.15) is 5.75 Å². The zero-order chi connectivity index (χ0) is 35.6. The van der Waals surface area contributed by atoms with Gasteiger partial charge in [-0.05, 0) is 43.0 Å². The fourth-order valence-electron chi connectivity index (χ4n) is 3.60. The molecule has 1 aromatic rings. The molecule has 0 radical (unpaired) electrons. The number of benzene rings is 1. The summed E-state index contributed by atoms with van der Waals surface area (Å²) in [5, 5.41) is 13.3. The number of aromatic hydroxyl groups is 1. The Kier molecular flexibility index (Phi) is 5.14. The van der Waals surface area contributed by atoms with Gasteiger partial charge in [-0.25, -0.2) is 0 Å². The molecule has 1 heterocycles. The maximum Gasteiger partial charge on any atom is 0.320 e. The van der Waals surface area contributed by atoms with E-state index in [1.165, 1.54) is 0 Å². The van der Waals surface area contributed by atoms with E-state index in [-0.39, 0.29) is 37.1 Å². The molecule has 7 nitrogen and oxygen atoms in total. The minimum Gasteiger partial charge on any atom is -0.508 e. The van der Waals surface area contributed by atoms with Crippen molar-refractivity contribution in [1.29, 1.82) is 0 Å². The fourth-order valence-corrected chi connectivity index (χ4v) is 3.60. The average molecular weight is 452 g/mol. The lowest BCUT2D eigenvalue weighted by Crippen LogP contribution is -2.54. The summed E-state index contributed by atoms with van der Waals surface area (Å²) >= 11 is 0. The predicted octanol–water partition coefficient (Wildman–Crippen LogP) is 3.50. The van der Waals surface area contributed by atoms with Gasteiger partial charge in [0, 0.05) is 48.4 Å². The number of esters is 1. The Morgan fingerprint density at radius 1 is 1.28 bits per heavy atom. The van der Waals surface area contributed by atoms with Crippen molar-refractivity contribution < 1.29 is 41.6 Å². The van der Waals surface area contributed by atoms with Crippen LogP contribution in [0.2, 0.25) is 0 Å². The maximum atomic E-state index is 13.0. The first-order valence-corrected chi connectivity index (χ1v) is 10.3. The molecule has 2 N–H and O–H groups in total. The zero-order valence-corrected chi connectivity index (χ0v) is 18.3. The molecule has 1 atom stereocenters. The third-order valence-corrected chi connectivity index (χ3v) is 5.30. The van der Waals surface area contributed by atoms with Crippen LogP contribution in [0.5, 0.6) is 5.75 Å². The van der Waals surface area contributed by atoms with E-state index >= 15 is 0 Å². The van der Waals surface area contributed by atoms with Crippen LogP contribution in [-0.4, -0.2) is 79.2 Å². The lowest BCUT2D eigenvalue weighted by Gasteiger charge is -2.36. The number of rotatable bonds is 7. The van der Waals surface area contributed by atoms with Crippen molar-refractivity contribution in [3.05, 3.63) is 29.3 Å². The number of hydrogen-bond donors (Lipinski definition) is 2. The normalized spacial score (nSPS) is 18.4. The fraction of sp³-hybridized carbons (Fsp3) is 0.636. The highest BCUT2D eigenvalue weighted by Crippen LogP contribution is 2.31. The first-order chi connectivity index (χ1) is 20.7. The molecule has 178 valence electrons. The van der Waals surface area contributed by atoms with Gasteiger partial charge in [-0.1, -0.05) is 32.9 Å². The molecular weight excluding hydrogens is 370 g/mol. The monoisotopic (exact) mass is 452 g/mol. The molecule has 0 aromatic heterocycles. The minimum absolute atomic E-state index is 0. The van der Waals surface area contributed by atoms with E-state index in [1.54, 1.807) is 20.0 Å². The number of phenols is 1. The Hall–Kier alpha value is -2.12. The molecule has 0 unspecified atom stereocenters. The molecule has 1 amide bonds. The summed E-state index contributed by atoms with van der Waals surface area (Å²) in [4.78, 5) is 28.5. The smallest absolute Gasteiger partial charge is 0.320 e. The minimum atomic E-state index is -0.330. The molecule has 29 heavy (non-hydrogen) atoms. The van der Waals surface area contributed by atoms with Crippen LogP contribution >= 0.6 is 0 Å². The predicted molar refractivity (Wildman–Crippen MR) is 130 cm³/mol. The quantitative estimate of drug-likeness (QED) is 0.618. The Morgan fingerprint density at radius 3 is 2.48 bits per heavy atom. The van der Waals surface area contributed by atoms with Crippen LogP contribution in [0.25, 0.3) is 0 Å². The molecule has 0 spiro atoms. The number of phenolic OH excluding ortho intramolecular Hbond substituents is 1. The molecule has 1 aliphatic heterocycles. The standard InChI is InChI=1S/C22H35N3O4.8H2/c1-6-29-20(27)15-24-9-11-25(12-10-24)21(28)18(23-5)14-16-7-8-19(26)17(13-16)22(2,3)4;;;;;;;;/h7-8,13,18,23,26H,6,9-12,14-15H2,1-5H3;8*1H/t18-;;;;;;;;/m0......../s1/i;7*1+2T;1+2. The molecule has 7 heteroatoms. The van der Waals surface area contributed by atoms with Crippen molar-refractivity contribution in [3.63, 3.8) is 0 Å². The van der Waals surface area contributed by atoms with Crippen LogP contribution in [0.1, 0.15) is 61.0 Å². The van der Waals surface area contributed by atoms with E-state index in [0.717, 1.165) is 11.1 Å². The highest BCUT2D eigenvalue weighted by molar-refractivity contribution is 5.82. The van der Waals surface area contributed by atoms with Gasteiger partial charge in [0.25, 0.3) is 0 Å². The lowest BCUT2D eigenvalue weighted by molar-refractivity contribution is -0.145. The van der Waals surface area contributed by atoms with Crippen LogP contribution in [0, 0.1) is 0 Å². The highest BCUT2D eigenvalue weighted by atomic mass is 16.5. The van der Waals surface area contributed by atoms with Crippen molar-refractivity contribution in [3.8, 4) is 5.75 Å². The van der Waals surface area contributed by atoms with E-state index in [0.29, 0.717) is 39.2 Å². The lowest BCUT2D eigenvalue weighted by atomic mass is 9.84. The third kappa shape index (κ3) is 6.44. The number of nitrogens with zero attached hydrogens (tertiary/aromatic N) is 2. The summed E-state index contributed by atoms with van der Waals surface area (Å²) in [6, 6.07) is 5.24. The first-order valence-electron chi connectivity index (χ1n) is 17.3. The van der Waals surface area contributed by atoms with Gasteiger partial charge in [0.15, 0.2) is 0 Å². The van der Waals surface area contributed by atoms with E-state index in [9.17, 15) is 14.7 Å². The van der Waals surface area contributed by atoms with Gasteiger partial charge in [0.05, 0.1) is 19.2 Å². The second-order valence-corrected chi connectivity index (χ2v) is 8.55. The van der Waals surface area contributed by atoms with Gasteiger partial charge in [0.2, 0.25) is 5.91 Å². The molecule has 0 saturated carbocycles. The molecule has 0 bridgehead atoms. The summed E-state index contributed by atoms with van der Waals surface area (Å²) in [5.74, 6) is 0.127. The second kappa shape index (κ2) is 10.1. The van der Waals surface area contributed by atoms with Crippen molar-refractivity contribution in [1.82, 2.24) is 15.1 Å². The van der Waals surface area contributed by atoms with Crippen molar-refractivity contribution in [2.24, 2.45) is 0 Å². The topological polar surface area (TPSA) is 82.1 Å². The van der Waals surface area contributed by atoms with Crippen molar-refractivity contribution >= 4 is 11.9 Å². The number of nitrogens with one attached hydrogen (secondary N) is 1. The number of ether oxygens (including phenoxy) is 1. The number of piperazine rings is 1. The van der Waals surface area contributed by atoms with E-state index in [4.69, 9.17) is 25.5 Å². The van der Waals surface area contributed by atoms with Crippen molar-refractivity contribution in [2.75, 3.05) is 46.4 Å². The number of likely N-dealkylation sites (N-methyl/N-ethyl adjacent to an activating group) is 1. The SMILES string of the molecule is CCOC(=O)CN1CCN(C(=O)[C@H](Cc2ccc(O)c(C(C)(C)C)c2)NC)CC1.[3HH].[3H][3H].[3H][3H].[3H][3H].[3H][3H].[3H][3H].[3H][3H].[3H][3H]. The molecule has 1 fully saturated rings. The van der Waals surface area contributed by atoms with Gasteiger partial charge >= 0.3 is 5.97 Å². The average Bonchev–Trinajstić information content (AvgIpc) is 3.07. The molecule has 1 aromatic carbocycles. The summed E-state index contributed by atoms with van der Waals surface area (Å²) in [6.45, 7) is 11.1. The number of amides is 1. The van der Waals surface area contributed by atoms with Gasteiger partial charge < -0.3 is 20.1 Å². The Bertz CT molecular complexity index is 747. The maximum absolute atomic E-state index is 13.0. The number of carbonyl (C=O) groups is 2. The largest absolute Gasteiger partial charge is 0.508 e. The number of carbonyl (C=O) groups excluding carboxylic acids is 2. The highest BCUT2D eigenvalue weighted by Gasteiger charge is 2.28. The first kappa shape index (κ1) is 14.8. The number of hydrogen-bond acceptors (Lipinski definition) is 6. The van der Waals surface area contributed by atoms with Crippen molar-refractivity contribution in [2.45, 2.75) is 45.6 Å². The summed E-state index contributed by atoms with van der Waals surface area (Å²) in [5.41, 5.74) is 1.72. The van der Waals surface area contributed by atoms with Crippen LogP contribution in [0.4, 0.5) is 0 Å². The van der Waals surface area contributed by atoms with Crippen LogP contribution in [0.15, 0.2) is 18.2 Å².